The summed E-state index contributed by atoms with van der Waals surface area (Å²) >= 11 is 0. The Hall–Kier alpha value is -0.610. The maximum absolute atomic E-state index is 11.1. The van der Waals surface area contributed by atoms with Crippen LogP contribution in [0.3, 0.4) is 0 Å². The van der Waals surface area contributed by atoms with Gasteiger partial charge in [-0.15, -0.1) is 0 Å². The fourth-order valence-electron chi connectivity index (χ4n) is 1.68. The second-order valence-electron chi connectivity index (χ2n) is 3.98. The van der Waals surface area contributed by atoms with Crippen molar-refractivity contribution in [1.82, 2.24) is 10.2 Å². The second kappa shape index (κ2) is 5.98. The fraction of sp³-hybridized carbons (Fsp3) is 0.900. The highest BCUT2D eigenvalue weighted by atomic mass is 16.2. The molecule has 14 heavy (non-hydrogen) atoms. The molecule has 0 bridgehead atoms. The van der Waals surface area contributed by atoms with Crippen LogP contribution < -0.4 is 11.1 Å². The van der Waals surface area contributed by atoms with Crippen LogP contribution in [0, 0.1) is 0 Å². The largest absolute Gasteiger partial charge is 0.355 e. The van der Waals surface area contributed by atoms with Gasteiger partial charge >= 0.3 is 0 Å². The Morgan fingerprint density at radius 3 is 2.71 bits per heavy atom. The fourth-order valence-corrected chi connectivity index (χ4v) is 1.68. The number of rotatable bonds is 5. The number of nitrogens with two attached hydrogens (primary N) is 1. The van der Waals surface area contributed by atoms with Gasteiger partial charge in [-0.3, -0.25) is 4.79 Å². The van der Waals surface area contributed by atoms with E-state index in [4.69, 9.17) is 5.73 Å². The van der Waals surface area contributed by atoms with Crippen LogP contribution in [0.1, 0.15) is 26.2 Å². The van der Waals surface area contributed by atoms with E-state index in [1.807, 2.05) is 0 Å². The Morgan fingerprint density at radius 1 is 1.50 bits per heavy atom. The van der Waals surface area contributed by atoms with Gasteiger partial charge in [-0.25, -0.2) is 0 Å². The van der Waals surface area contributed by atoms with Crippen molar-refractivity contribution in [1.29, 1.82) is 0 Å². The van der Waals surface area contributed by atoms with Crippen molar-refractivity contribution in [3.8, 4) is 0 Å². The number of amides is 1. The highest BCUT2D eigenvalue weighted by Crippen LogP contribution is 2.06. The Labute approximate surface area is 85.8 Å². The van der Waals surface area contributed by atoms with E-state index in [1.54, 1.807) is 6.92 Å². The van der Waals surface area contributed by atoms with Gasteiger partial charge in [0.25, 0.3) is 0 Å². The van der Waals surface area contributed by atoms with E-state index >= 15 is 0 Å². The van der Waals surface area contributed by atoms with Crippen LogP contribution >= 0.6 is 0 Å². The van der Waals surface area contributed by atoms with Crippen molar-refractivity contribution in [3.63, 3.8) is 0 Å². The SMILES string of the molecule is CC(N)C(=O)NCCCN1CCCC1. The van der Waals surface area contributed by atoms with Crippen molar-refractivity contribution in [2.45, 2.75) is 32.2 Å². The van der Waals surface area contributed by atoms with Crippen molar-refractivity contribution >= 4 is 5.91 Å². The van der Waals surface area contributed by atoms with Gasteiger partial charge in [0.15, 0.2) is 0 Å². The van der Waals surface area contributed by atoms with E-state index in [9.17, 15) is 4.79 Å². The summed E-state index contributed by atoms with van der Waals surface area (Å²) in [5.74, 6) is -0.0496. The van der Waals surface area contributed by atoms with Gasteiger partial charge in [0.2, 0.25) is 5.91 Å². The number of carbonyl (C=O) groups excluding carboxylic acids is 1. The first-order valence-corrected chi connectivity index (χ1v) is 5.46. The third-order valence-corrected chi connectivity index (χ3v) is 2.56. The predicted molar refractivity (Wildman–Crippen MR) is 57.0 cm³/mol. The number of nitrogens with zero attached hydrogens (tertiary/aromatic N) is 1. The second-order valence-corrected chi connectivity index (χ2v) is 3.98. The lowest BCUT2D eigenvalue weighted by Crippen LogP contribution is -2.39. The summed E-state index contributed by atoms with van der Waals surface area (Å²) < 4.78 is 0. The molecule has 1 saturated heterocycles. The molecule has 1 aliphatic rings. The van der Waals surface area contributed by atoms with Crippen LogP contribution in [0.25, 0.3) is 0 Å². The summed E-state index contributed by atoms with van der Waals surface area (Å²) in [6.45, 7) is 5.99. The van der Waals surface area contributed by atoms with Crippen LogP contribution in [0.5, 0.6) is 0 Å². The minimum absolute atomic E-state index is 0.0496. The lowest BCUT2D eigenvalue weighted by Gasteiger charge is -2.14. The molecule has 3 N–H and O–H groups in total. The molecule has 1 heterocycles. The standard InChI is InChI=1S/C10H21N3O/c1-9(11)10(14)12-5-4-8-13-6-2-3-7-13/h9H,2-8,11H2,1H3,(H,12,14). The van der Waals surface area contributed by atoms with Crippen LogP contribution in [0.2, 0.25) is 0 Å². The van der Waals surface area contributed by atoms with Gasteiger partial charge in [0.05, 0.1) is 6.04 Å². The number of nitrogens with one attached hydrogen (secondary N) is 1. The lowest BCUT2D eigenvalue weighted by molar-refractivity contribution is -0.121. The summed E-state index contributed by atoms with van der Waals surface area (Å²) in [6.07, 6.45) is 3.68. The van der Waals surface area contributed by atoms with Crippen LogP contribution in [0.4, 0.5) is 0 Å². The minimum atomic E-state index is -0.387. The molecule has 1 unspecified atom stereocenters. The number of carbonyl (C=O) groups is 1. The molecule has 1 atom stereocenters. The first-order chi connectivity index (χ1) is 6.70. The zero-order valence-corrected chi connectivity index (χ0v) is 8.96. The first kappa shape index (κ1) is 11.5. The number of hydrogen-bond acceptors (Lipinski definition) is 3. The smallest absolute Gasteiger partial charge is 0.236 e. The molecule has 0 aliphatic carbocycles. The Morgan fingerprint density at radius 2 is 2.14 bits per heavy atom. The minimum Gasteiger partial charge on any atom is -0.355 e. The molecule has 1 aliphatic heterocycles. The molecule has 1 fully saturated rings. The van der Waals surface area contributed by atoms with E-state index in [-0.39, 0.29) is 11.9 Å². The molecule has 4 heteroatoms. The van der Waals surface area contributed by atoms with Crippen molar-refractivity contribution < 1.29 is 4.79 Å². The third kappa shape index (κ3) is 4.07. The summed E-state index contributed by atoms with van der Waals surface area (Å²) in [5, 5.41) is 2.82. The third-order valence-electron chi connectivity index (χ3n) is 2.56. The van der Waals surface area contributed by atoms with Gasteiger partial charge in [0, 0.05) is 6.54 Å². The zero-order chi connectivity index (χ0) is 10.4. The van der Waals surface area contributed by atoms with Crippen LogP contribution in [-0.2, 0) is 4.79 Å². The molecule has 1 amide bonds. The van der Waals surface area contributed by atoms with Gasteiger partial charge in [-0.2, -0.15) is 0 Å². The summed E-state index contributed by atoms with van der Waals surface area (Å²) in [7, 11) is 0. The molecule has 0 aromatic heterocycles. The average molecular weight is 199 g/mol. The van der Waals surface area contributed by atoms with E-state index in [1.165, 1.54) is 25.9 Å². The highest BCUT2D eigenvalue weighted by molar-refractivity contribution is 5.80. The maximum atomic E-state index is 11.1. The van der Waals surface area contributed by atoms with E-state index in [2.05, 4.69) is 10.2 Å². The molecule has 1 rings (SSSR count). The van der Waals surface area contributed by atoms with E-state index in [0.717, 1.165) is 19.5 Å². The molecule has 0 aromatic carbocycles. The Bertz CT molecular complexity index is 176. The quantitative estimate of drug-likeness (QED) is 0.610. The molecule has 0 spiro atoms. The molecule has 82 valence electrons. The monoisotopic (exact) mass is 199 g/mol. The molecule has 0 aromatic rings. The summed E-state index contributed by atoms with van der Waals surface area (Å²) in [6, 6.07) is -0.387. The normalized spacial score (nSPS) is 19.6. The van der Waals surface area contributed by atoms with Gasteiger partial charge in [-0.05, 0) is 45.8 Å². The van der Waals surface area contributed by atoms with E-state index < -0.39 is 0 Å². The zero-order valence-electron chi connectivity index (χ0n) is 8.96. The Kier molecular flexibility index (Phi) is 4.90. The maximum Gasteiger partial charge on any atom is 0.236 e. The van der Waals surface area contributed by atoms with Gasteiger partial charge in [-0.1, -0.05) is 0 Å². The van der Waals surface area contributed by atoms with Gasteiger partial charge in [0.1, 0.15) is 0 Å². The lowest BCUT2D eigenvalue weighted by atomic mass is 10.3. The topological polar surface area (TPSA) is 58.4 Å². The van der Waals surface area contributed by atoms with Crippen molar-refractivity contribution in [2.75, 3.05) is 26.2 Å². The first-order valence-electron chi connectivity index (χ1n) is 5.46. The Balaban J connectivity index is 1.96. The molecular formula is C10H21N3O. The van der Waals surface area contributed by atoms with E-state index in [0.29, 0.717) is 0 Å². The molecule has 0 saturated carbocycles. The molecule has 0 radical (unpaired) electrons. The summed E-state index contributed by atoms with van der Waals surface area (Å²) in [5.41, 5.74) is 5.42. The predicted octanol–water partition coefficient (Wildman–Crippen LogP) is -0.0643. The van der Waals surface area contributed by atoms with Crippen LogP contribution in [0.15, 0.2) is 0 Å². The van der Waals surface area contributed by atoms with Crippen molar-refractivity contribution in [3.05, 3.63) is 0 Å². The number of likely N-dealkylation sites (tertiary alicyclic amines) is 1. The average Bonchev–Trinajstić information content (AvgIpc) is 2.64. The summed E-state index contributed by atoms with van der Waals surface area (Å²) in [4.78, 5) is 13.5. The molecule has 4 nitrogen and oxygen atoms in total. The van der Waals surface area contributed by atoms with Gasteiger partial charge < -0.3 is 16.0 Å². The highest BCUT2D eigenvalue weighted by Gasteiger charge is 2.11. The van der Waals surface area contributed by atoms with Crippen molar-refractivity contribution in [2.24, 2.45) is 5.73 Å². The number of hydrogen-bond donors (Lipinski definition) is 2. The molecular weight excluding hydrogens is 178 g/mol. The van der Waals surface area contributed by atoms with Crippen LogP contribution in [-0.4, -0.2) is 43.0 Å².